The predicted molar refractivity (Wildman–Crippen MR) is 114 cm³/mol. The molecule has 29 heavy (non-hydrogen) atoms. The van der Waals surface area contributed by atoms with E-state index >= 15 is 0 Å². The Balaban J connectivity index is 1.48. The molecule has 3 saturated carbocycles. The van der Waals surface area contributed by atoms with Gasteiger partial charge >= 0.3 is 0 Å². The molecule has 1 unspecified atom stereocenters. The molecular formula is C25H28N2O2. The van der Waals surface area contributed by atoms with Crippen LogP contribution in [0.5, 0.6) is 5.75 Å². The van der Waals surface area contributed by atoms with Gasteiger partial charge in [-0.25, -0.2) is 0 Å². The van der Waals surface area contributed by atoms with Crippen molar-refractivity contribution < 1.29 is 10.2 Å². The standard InChI is InChI=1S/C25H28N2O2/c1-16-12-20-19-4-2-3-5-21(19)26-22(20)23(17-6-8-18(29)9-7-17)27(16)25-13-24(14-25,15-25)10-11-28/h2-9,16,23,26,28-29H,10-15H2,1H3/t16?,23-,24?,25?/m1/s1. The van der Waals surface area contributed by atoms with E-state index in [1.165, 1.54) is 47.0 Å². The molecule has 0 saturated heterocycles. The van der Waals surface area contributed by atoms with Gasteiger partial charge in [-0.2, -0.15) is 0 Å². The van der Waals surface area contributed by atoms with Gasteiger partial charge in [-0.15, -0.1) is 0 Å². The molecule has 150 valence electrons. The molecule has 3 aliphatic carbocycles. The summed E-state index contributed by atoms with van der Waals surface area (Å²) in [5, 5.41) is 20.7. The van der Waals surface area contributed by atoms with Crippen LogP contribution in [0.15, 0.2) is 48.5 Å². The van der Waals surface area contributed by atoms with Crippen LogP contribution >= 0.6 is 0 Å². The van der Waals surface area contributed by atoms with E-state index < -0.39 is 0 Å². The minimum absolute atomic E-state index is 0.175. The summed E-state index contributed by atoms with van der Waals surface area (Å²) in [5.41, 5.74) is 5.85. The van der Waals surface area contributed by atoms with E-state index in [0.717, 1.165) is 12.8 Å². The Bertz CT molecular complexity index is 1060. The zero-order valence-corrected chi connectivity index (χ0v) is 16.9. The van der Waals surface area contributed by atoms with Crippen LogP contribution in [0.25, 0.3) is 10.9 Å². The summed E-state index contributed by atoms with van der Waals surface area (Å²) in [6, 6.07) is 17.0. The summed E-state index contributed by atoms with van der Waals surface area (Å²) in [4.78, 5) is 6.52. The fraction of sp³-hybridized carbons (Fsp3) is 0.440. The third kappa shape index (κ3) is 2.33. The van der Waals surface area contributed by atoms with Crippen molar-refractivity contribution in [3.63, 3.8) is 0 Å². The number of benzene rings is 2. The highest BCUT2D eigenvalue weighted by Crippen LogP contribution is 2.73. The van der Waals surface area contributed by atoms with Gasteiger partial charge in [0.1, 0.15) is 5.75 Å². The number of aromatic amines is 1. The molecule has 0 spiro atoms. The fourth-order valence-electron chi connectivity index (χ4n) is 6.90. The monoisotopic (exact) mass is 388 g/mol. The first kappa shape index (κ1) is 17.5. The average Bonchev–Trinajstić information content (AvgIpc) is 3.02. The smallest absolute Gasteiger partial charge is 0.115 e. The number of aromatic nitrogens is 1. The van der Waals surface area contributed by atoms with E-state index in [-0.39, 0.29) is 11.6 Å². The van der Waals surface area contributed by atoms with Crippen molar-refractivity contribution in [2.24, 2.45) is 5.41 Å². The molecule has 3 fully saturated rings. The molecule has 2 aromatic carbocycles. The number of aromatic hydroxyl groups is 1. The van der Waals surface area contributed by atoms with Gasteiger partial charge in [-0.1, -0.05) is 30.3 Å². The molecule has 4 nitrogen and oxygen atoms in total. The van der Waals surface area contributed by atoms with Crippen molar-refractivity contribution >= 4 is 10.9 Å². The number of hydrogen-bond acceptors (Lipinski definition) is 3. The highest BCUT2D eigenvalue weighted by atomic mass is 16.3. The van der Waals surface area contributed by atoms with Gasteiger partial charge < -0.3 is 15.2 Å². The Morgan fingerprint density at radius 1 is 1.07 bits per heavy atom. The number of nitrogens with zero attached hydrogens (tertiary/aromatic N) is 1. The summed E-state index contributed by atoms with van der Waals surface area (Å²) in [5.74, 6) is 0.313. The molecule has 3 aromatic rings. The van der Waals surface area contributed by atoms with Crippen molar-refractivity contribution in [3.05, 3.63) is 65.4 Å². The van der Waals surface area contributed by atoms with Crippen molar-refractivity contribution in [3.8, 4) is 5.75 Å². The van der Waals surface area contributed by atoms with Crippen LogP contribution in [0.4, 0.5) is 0 Å². The lowest BCUT2D eigenvalue weighted by molar-refractivity contribution is -0.246. The third-order valence-electron chi connectivity index (χ3n) is 7.88. The molecule has 4 aliphatic rings. The van der Waals surface area contributed by atoms with Crippen LogP contribution in [0.3, 0.4) is 0 Å². The molecule has 3 N–H and O–H groups in total. The highest BCUT2D eigenvalue weighted by Gasteiger charge is 2.71. The largest absolute Gasteiger partial charge is 0.508 e. The zero-order chi connectivity index (χ0) is 19.8. The molecule has 2 bridgehead atoms. The van der Waals surface area contributed by atoms with Crippen molar-refractivity contribution in [1.82, 2.24) is 9.88 Å². The average molecular weight is 389 g/mol. The molecule has 2 atom stereocenters. The van der Waals surface area contributed by atoms with E-state index in [1.54, 1.807) is 0 Å². The van der Waals surface area contributed by atoms with E-state index in [9.17, 15) is 10.2 Å². The number of hydrogen-bond donors (Lipinski definition) is 3. The first-order valence-corrected chi connectivity index (χ1v) is 10.8. The second-order valence-electron chi connectivity index (χ2n) is 9.75. The lowest BCUT2D eigenvalue weighted by Crippen LogP contribution is -2.77. The summed E-state index contributed by atoms with van der Waals surface area (Å²) in [7, 11) is 0. The number of aliphatic hydroxyl groups is 1. The Kier molecular flexibility index (Phi) is 3.55. The van der Waals surface area contributed by atoms with E-state index in [4.69, 9.17) is 0 Å². The summed E-state index contributed by atoms with van der Waals surface area (Å²) in [6.07, 6.45) is 5.61. The summed E-state index contributed by atoms with van der Waals surface area (Å²) >= 11 is 0. The second-order valence-corrected chi connectivity index (χ2v) is 9.75. The Morgan fingerprint density at radius 2 is 1.79 bits per heavy atom. The van der Waals surface area contributed by atoms with Gasteiger partial charge in [0.25, 0.3) is 0 Å². The molecule has 1 aromatic heterocycles. The maximum absolute atomic E-state index is 9.86. The number of phenols is 1. The number of fused-ring (bicyclic) bond motifs is 3. The van der Waals surface area contributed by atoms with Gasteiger partial charge in [-0.3, -0.25) is 4.90 Å². The quantitative estimate of drug-likeness (QED) is 0.616. The van der Waals surface area contributed by atoms with Crippen molar-refractivity contribution in [2.75, 3.05) is 6.61 Å². The normalized spacial score (nSPS) is 33.2. The highest BCUT2D eigenvalue weighted by molar-refractivity contribution is 5.85. The first-order chi connectivity index (χ1) is 14.0. The van der Waals surface area contributed by atoms with Gasteiger partial charge in [-0.05, 0) is 73.8 Å². The maximum Gasteiger partial charge on any atom is 0.115 e. The van der Waals surface area contributed by atoms with Crippen molar-refractivity contribution in [1.29, 1.82) is 0 Å². The summed E-state index contributed by atoms with van der Waals surface area (Å²) < 4.78 is 0. The Morgan fingerprint density at radius 3 is 2.52 bits per heavy atom. The molecule has 1 aliphatic heterocycles. The van der Waals surface area contributed by atoms with Crippen LogP contribution in [-0.4, -0.2) is 38.3 Å². The van der Waals surface area contributed by atoms with E-state index in [2.05, 4.69) is 53.2 Å². The number of phenolic OH excluding ortho intramolecular Hbond substituents is 1. The summed E-state index contributed by atoms with van der Waals surface area (Å²) in [6.45, 7) is 2.68. The number of rotatable bonds is 4. The zero-order valence-electron chi connectivity index (χ0n) is 16.9. The Labute approximate surface area is 171 Å². The van der Waals surface area contributed by atoms with Crippen LogP contribution in [-0.2, 0) is 6.42 Å². The van der Waals surface area contributed by atoms with Gasteiger partial charge in [0, 0.05) is 34.8 Å². The molecular weight excluding hydrogens is 360 g/mol. The Hall–Kier alpha value is -2.30. The predicted octanol–water partition coefficient (Wildman–Crippen LogP) is 4.51. The van der Waals surface area contributed by atoms with E-state index in [1.807, 2.05) is 12.1 Å². The molecule has 4 heteroatoms. The van der Waals surface area contributed by atoms with Crippen LogP contribution in [0.1, 0.15) is 55.5 Å². The van der Waals surface area contributed by atoms with Crippen LogP contribution in [0, 0.1) is 5.41 Å². The van der Waals surface area contributed by atoms with Crippen LogP contribution < -0.4 is 0 Å². The SMILES string of the molecule is CC1Cc2c([nH]c3ccccc23)[C@@H](c2ccc(O)cc2)N1C12CC(CCO)(C1)C2. The molecule has 7 rings (SSSR count). The minimum atomic E-state index is 0.175. The number of nitrogens with one attached hydrogen (secondary N) is 1. The second kappa shape index (κ2) is 5.87. The van der Waals surface area contributed by atoms with E-state index in [0.29, 0.717) is 23.8 Å². The number of para-hydroxylation sites is 1. The topological polar surface area (TPSA) is 59.5 Å². The first-order valence-electron chi connectivity index (χ1n) is 10.8. The number of H-pyrrole nitrogens is 1. The lowest BCUT2D eigenvalue weighted by Gasteiger charge is -2.76. The van der Waals surface area contributed by atoms with Crippen LogP contribution in [0.2, 0.25) is 0 Å². The maximum atomic E-state index is 9.86. The van der Waals surface area contributed by atoms with Crippen molar-refractivity contribution in [2.45, 2.75) is 56.7 Å². The fourth-order valence-corrected chi connectivity index (χ4v) is 6.90. The molecule has 2 heterocycles. The van der Waals surface area contributed by atoms with Gasteiger partial charge in [0.2, 0.25) is 0 Å². The van der Waals surface area contributed by atoms with Gasteiger partial charge in [0.15, 0.2) is 0 Å². The lowest BCUT2D eigenvalue weighted by atomic mass is 9.37. The minimum Gasteiger partial charge on any atom is -0.508 e. The number of aliphatic hydroxyl groups excluding tert-OH is 1. The molecule has 0 amide bonds. The third-order valence-corrected chi connectivity index (χ3v) is 7.88. The van der Waals surface area contributed by atoms with Gasteiger partial charge in [0.05, 0.1) is 6.04 Å². The molecule has 0 radical (unpaired) electrons.